The Morgan fingerprint density at radius 2 is 2.12 bits per heavy atom. The van der Waals surface area contributed by atoms with Gasteiger partial charge in [-0.05, 0) is 37.6 Å². The fraction of sp³-hybridized carbons (Fsp3) is 0.308. The molecule has 0 spiro atoms. The molecular weight excluding hydrogens is 216 g/mol. The number of ether oxygens (including phenoxy) is 1. The molecule has 0 atom stereocenters. The minimum atomic E-state index is 0.427. The molecule has 17 heavy (non-hydrogen) atoms. The summed E-state index contributed by atoms with van der Waals surface area (Å²) in [6, 6.07) is 5.86. The Morgan fingerprint density at radius 1 is 1.35 bits per heavy atom. The second-order valence-electron chi connectivity index (χ2n) is 3.95. The van der Waals surface area contributed by atoms with E-state index < -0.39 is 0 Å². The Kier molecular flexibility index (Phi) is 3.15. The predicted octanol–water partition coefficient (Wildman–Crippen LogP) is 2.43. The molecule has 0 radical (unpaired) electrons. The maximum atomic E-state index is 5.71. The average molecular weight is 232 g/mol. The third kappa shape index (κ3) is 2.03. The topological polar surface area (TPSA) is 61.3 Å². The molecule has 0 aliphatic rings. The fourth-order valence-electron chi connectivity index (χ4n) is 1.87. The van der Waals surface area contributed by atoms with Crippen LogP contribution in [0.2, 0.25) is 0 Å². The number of aromatic nitrogens is 1. The Balaban J connectivity index is 2.53. The summed E-state index contributed by atoms with van der Waals surface area (Å²) in [5, 5.41) is 4.08. The van der Waals surface area contributed by atoms with Crippen LogP contribution in [-0.2, 0) is 6.54 Å². The molecule has 2 N–H and O–H groups in total. The first-order valence-electron chi connectivity index (χ1n) is 5.47. The first kappa shape index (κ1) is 11.7. The first-order valence-corrected chi connectivity index (χ1v) is 5.47. The van der Waals surface area contributed by atoms with Gasteiger partial charge in [0.25, 0.3) is 0 Å². The largest absolute Gasteiger partial charge is 0.497 e. The van der Waals surface area contributed by atoms with E-state index in [1.807, 2.05) is 32.0 Å². The number of hydrogen-bond acceptors (Lipinski definition) is 4. The summed E-state index contributed by atoms with van der Waals surface area (Å²) in [6.45, 7) is 4.32. The van der Waals surface area contributed by atoms with Crippen molar-refractivity contribution in [3.63, 3.8) is 0 Å². The van der Waals surface area contributed by atoms with Gasteiger partial charge in [-0.1, -0.05) is 5.16 Å². The monoisotopic (exact) mass is 232 g/mol. The van der Waals surface area contributed by atoms with Crippen LogP contribution < -0.4 is 10.5 Å². The van der Waals surface area contributed by atoms with Crippen molar-refractivity contribution in [2.45, 2.75) is 20.4 Å². The standard InChI is InChI=1S/C13H16N2O2/c1-8-6-10(16-3)4-5-11(8)13-12(7-14)9(2)17-15-13/h4-6H,7,14H2,1-3H3. The highest BCUT2D eigenvalue weighted by Crippen LogP contribution is 2.29. The maximum Gasteiger partial charge on any atom is 0.138 e. The van der Waals surface area contributed by atoms with Gasteiger partial charge in [0.1, 0.15) is 17.2 Å². The molecule has 0 aliphatic carbocycles. The number of methoxy groups -OCH3 is 1. The molecule has 4 heteroatoms. The molecule has 1 aromatic heterocycles. The third-order valence-corrected chi connectivity index (χ3v) is 2.88. The summed E-state index contributed by atoms with van der Waals surface area (Å²) in [5.41, 5.74) is 9.62. The number of hydrogen-bond donors (Lipinski definition) is 1. The van der Waals surface area contributed by atoms with Gasteiger partial charge in [-0.15, -0.1) is 0 Å². The summed E-state index contributed by atoms with van der Waals surface area (Å²) in [4.78, 5) is 0. The molecule has 1 aromatic carbocycles. The lowest BCUT2D eigenvalue weighted by molar-refractivity contribution is 0.398. The SMILES string of the molecule is COc1ccc(-c2noc(C)c2CN)c(C)c1. The van der Waals surface area contributed by atoms with Crippen LogP contribution in [-0.4, -0.2) is 12.3 Å². The Morgan fingerprint density at radius 3 is 2.71 bits per heavy atom. The zero-order chi connectivity index (χ0) is 12.4. The lowest BCUT2D eigenvalue weighted by Crippen LogP contribution is -1.99. The highest BCUT2D eigenvalue weighted by atomic mass is 16.5. The van der Waals surface area contributed by atoms with Crippen molar-refractivity contribution in [1.82, 2.24) is 5.16 Å². The van der Waals surface area contributed by atoms with E-state index >= 15 is 0 Å². The van der Waals surface area contributed by atoms with Crippen molar-refractivity contribution >= 4 is 0 Å². The van der Waals surface area contributed by atoms with Crippen LogP contribution in [0, 0.1) is 13.8 Å². The summed E-state index contributed by atoms with van der Waals surface area (Å²) >= 11 is 0. The second kappa shape index (κ2) is 4.59. The van der Waals surface area contributed by atoms with E-state index in [9.17, 15) is 0 Å². The van der Waals surface area contributed by atoms with Gasteiger partial charge in [-0.2, -0.15) is 0 Å². The Labute approximate surface area is 100 Å². The molecule has 2 rings (SSSR count). The van der Waals surface area contributed by atoms with Crippen LogP contribution in [0.25, 0.3) is 11.3 Å². The summed E-state index contributed by atoms with van der Waals surface area (Å²) in [5.74, 6) is 1.61. The summed E-state index contributed by atoms with van der Waals surface area (Å²) in [6.07, 6.45) is 0. The molecule has 0 saturated heterocycles. The van der Waals surface area contributed by atoms with Gasteiger partial charge < -0.3 is 15.0 Å². The van der Waals surface area contributed by atoms with Gasteiger partial charge in [0.15, 0.2) is 0 Å². The minimum Gasteiger partial charge on any atom is -0.497 e. The number of benzene rings is 1. The van der Waals surface area contributed by atoms with Gasteiger partial charge >= 0.3 is 0 Å². The van der Waals surface area contributed by atoms with Gasteiger partial charge in [-0.25, -0.2) is 0 Å². The smallest absolute Gasteiger partial charge is 0.138 e. The van der Waals surface area contributed by atoms with Crippen molar-refractivity contribution in [2.24, 2.45) is 5.73 Å². The lowest BCUT2D eigenvalue weighted by atomic mass is 10.0. The van der Waals surface area contributed by atoms with Gasteiger partial charge in [-0.3, -0.25) is 0 Å². The predicted molar refractivity (Wildman–Crippen MR) is 65.9 cm³/mol. The van der Waals surface area contributed by atoms with Crippen LogP contribution in [0.15, 0.2) is 22.7 Å². The highest BCUT2D eigenvalue weighted by molar-refractivity contribution is 5.68. The normalized spacial score (nSPS) is 10.6. The van der Waals surface area contributed by atoms with Gasteiger partial charge in [0, 0.05) is 17.7 Å². The Bertz CT molecular complexity index is 532. The van der Waals surface area contributed by atoms with E-state index in [1.165, 1.54) is 0 Å². The molecule has 0 fully saturated rings. The van der Waals surface area contributed by atoms with Crippen LogP contribution in [0.1, 0.15) is 16.9 Å². The zero-order valence-corrected chi connectivity index (χ0v) is 10.3. The minimum absolute atomic E-state index is 0.427. The van der Waals surface area contributed by atoms with E-state index in [2.05, 4.69) is 5.16 Å². The fourth-order valence-corrected chi connectivity index (χ4v) is 1.87. The van der Waals surface area contributed by atoms with Crippen LogP contribution in [0.3, 0.4) is 0 Å². The number of rotatable bonds is 3. The van der Waals surface area contributed by atoms with E-state index in [-0.39, 0.29) is 0 Å². The summed E-state index contributed by atoms with van der Waals surface area (Å²) < 4.78 is 10.4. The molecule has 0 saturated carbocycles. The maximum absolute atomic E-state index is 5.71. The van der Waals surface area contributed by atoms with Gasteiger partial charge in [0.2, 0.25) is 0 Å². The molecule has 0 bridgehead atoms. The zero-order valence-electron chi connectivity index (χ0n) is 10.3. The van der Waals surface area contributed by atoms with E-state index in [0.717, 1.165) is 33.9 Å². The lowest BCUT2D eigenvalue weighted by Gasteiger charge is -2.06. The van der Waals surface area contributed by atoms with E-state index in [1.54, 1.807) is 7.11 Å². The second-order valence-corrected chi connectivity index (χ2v) is 3.95. The van der Waals surface area contributed by atoms with E-state index in [0.29, 0.717) is 6.54 Å². The molecule has 4 nitrogen and oxygen atoms in total. The number of aryl methyl sites for hydroxylation is 2. The van der Waals surface area contributed by atoms with Crippen molar-refractivity contribution in [3.8, 4) is 17.0 Å². The third-order valence-electron chi connectivity index (χ3n) is 2.88. The number of nitrogens with two attached hydrogens (primary N) is 1. The Hall–Kier alpha value is -1.81. The first-order chi connectivity index (χ1) is 8.17. The van der Waals surface area contributed by atoms with Crippen molar-refractivity contribution in [1.29, 1.82) is 0 Å². The average Bonchev–Trinajstić information content (AvgIpc) is 2.70. The van der Waals surface area contributed by atoms with Crippen LogP contribution in [0.5, 0.6) is 5.75 Å². The highest BCUT2D eigenvalue weighted by Gasteiger charge is 2.15. The molecule has 2 aromatic rings. The molecule has 0 aliphatic heterocycles. The molecule has 0 unspecified atom stereocenters. The van der Waals surface area contributed by atoms with Crippen molar-refractivity contribution in [3.05, 3.63) is 35.1 Å². The van der Waals surface area contributed by atoms with Gasteiger partial charge in [0.05, 0.1) is 7.11 Å². The quantitative estimate of drug-likeness (QED) is 0.882. The van der Waals surface area contributed by atoms with E-state index in [4.69, 9.17) is 15.0 Å². The summed E-state index contributed by atoms with van der Waals surface area (Å²) in [7, 11) is 1.65. The molecule has 90 valence electrons. The number of nitrogens with zero attached hydrogens (tertiary/aromatic N) is 1. The van der Waals surface area contributed by atoms with Crippen molar-refractivity contribution < 1.29 is 9.26 Å². The van der Waals surface area contributed by atoms with Crippen LogP contribution in [0.4, 0.5) is 0 Å². The van der Waals surface area contributed by atoms with Crippen LogP contribution >= 0.6 is 0 Å². The molecule has 1 heterocycles. The van der Waals surface area contributed by atoms with Crippen molar-refractivity contribution in [2.75, 3.05) is 7.11 Å². The molecule has 0 amide bonds. The molecular formula is C13H16N2O2.